The number of halogens is 7. The number of benzene rings is 1. The van der Waals surface area contributed by atoms with Crippen molar-refractivity contribution in [2.75, 3.05) is 0 Å². The van der Waals surface area contributed by atoms with Gasteiger partial charge in [-0.15, -0.1) is 0 Å². The average molecular weight is 487 g/mol. The van der Waals surface area contributed by atoms with Crippen LogP contribution < -0.4 is 5.32 Å². The summed E-state index contributed by atoms with van der Waals surface area (Å²) in [5.41, 5.74) is -6.85. The molecular formula is C22H16F7N3O2. The number of nitrogens with zero attached hydrogens (tertiary/aromatic N) is 2. The van der Waals surface area contributed by atoms with Crippen LogP contribution in [0.15, 0.2) is 54.9 Å². The lowest BCUT2D eigenvalue weighted by Gasteiger charge is -2.33. The van der Waals surface area contributed by atoms with Gasteiger partial charge in [0.05, 0.1) is 24.1 Å². The van der Waals surface area contributed by atoms with Crippen molar-refractivity contribution in [3.63, 3.8) is 0 Å². The van der Waals surface area contributed by atoms with Crippen molar-refractivity contribution in [2.24, 2.45) is 0 Å². The maximum atomic E-state index is 13.5. The highest BCUT2D eigenvalue weighted by Crippen LogP contribution is 2.50. The molecule has 12 heteroatoms. The molecule has 2 heterocycles. The third-order valence-electron chi connectivity index (χ3n) is 4.86. The van der Waals surface area contributed by atoms with E-state index >= 15 is 0 Å². The number of alkyl halides is 6. The van der Waals surface area contributed by atoms with Crippen LogP contribution in [-0.4, -0.2) is 33.3 Å². The van der Waals surface area contributed by atoms with Crippen molar-refractivity contribution < 1.29 is 40.6 Å². The summed E-state index contributed by atoms with van der Waals surface area (Å²) < 4.78 is 93.9. The van der Waals surface area contributed by atoms with E-state index in [0.29, 0.717) is 17.7 Å². The summed E-state index contributed by atoms with van der Waals surface area (Å²) in [6.07, 6.45) is -10.1. The van der Waals surface area contributed by atoms with Crippen molar-refractivity contribution >= 4 is 5.91 Å². The SMILES string of the molecule is Cc1ccc(-c2cc(C(=O)NCc3ccc(F)cn3)cc(C(O)(C(F)(F)F)C(F)(F)F)c2)nc1. The Labute approximate surface area is 188 Å². The molecule has 2 aromatic heterocycles. The number of rotatable bonds is 5. The van der Waals surface area contributed by atoms with Gasteiger partial charge in [-0.3, -0.25) is 14.8 Å². The first kappa shape index (κ1) is 25.1. The molecule has 180 valence electrons. The molecule has 2 N–H and O–H groups in total. The average Bonchev–Trinajstić information content (AvgIpc) is 2.76. The molecule has 0 unspecified atom stereocenters. The lowest BCUT2D eigenvalue weighted by Crippen LogP contribution is -2.54. The van der Waals surface area contributed by atoms with Crippen molar-refractivity contribution in [2.45, 2.75) is 31.4 Å². The molecule has 0 saturated carbocycles. The van der Waals surface area contributed by atoms with Gasteiger partial charge in [-0.2, -0.15) is 26.3 Å². The summed E-state index contributed by atoms with van der Waals surface area (Å²) in [6.45, 7) is 1.38. The molecule has 0 atom stereocenters. The summed E-state index contributed by atoms with van der Waals surface area (Å²) in [6, 6.07) is 7.00. The molecule has 3 rings (SSSR count). The minimum atomic E-state index is -6.14. The molecule has 34 heavy (non-hydrogen) atoms. The molecule has 1 amide bonds. The van der Waals surface area contributed by atoms with Crippen molar-refractivity contribution in [1.29, 1.82) is 0 Å². The van der Waals surface area contributed by atoms with Gasteiger partial charge in [-0.25, -0.2) is 4.39 Å². The zero-order valence-corrected chi connectivity index (χ0v) is 17.3. The lowest BCUT2D eigenvalue weighted by atomic mass is 9.88. The van der Waals surface area contributed by atoms with Gasteiger partial charge in [0.2, 0.25) is 0 Å². The van der Waals surface area contributed by atoms with E-state index in [1.807, 2.05) is 0 Å². The summed E-state index contributed by atoms with van der Waals surface area (Å²) >= 11 is 0. The Bertz CT molecular complexity index is 1160. The van der Waals surface area contributed by atoms with Crippen LogP contribution in [0, 0.1) is 12.7 Å². The molecule has 0 aliphatic carbocycles. The number of pyridine rings is 2. The van der Waals surface area contributed by atoms with Gasteiger partial charge in [0, 0.05) is 22.9 Å². The second-order valence-corrected chi connectivity index (χ2v) is 7.38. The first-order chi connectivity index (χ1) is 15.7. The molecule has 0 aliphatic heterocycles. The third-order valence-corrected chi connectivity index (χ3v) is 4.86. The van der Waals surface area contributed by atoms with E-state index in [0.717, 1.165) is 18.3 Å². The number of carbonyl (C=O) groups is 1. The van der Waals surface area contributed by atoms with Gasteiger partial charge in [0.25, 0.3) is 11.5 Å². The maximum absolute atomic E-state index is 13.5. The highest BCUT2D eigenvalue weighted by atomic mass is 19.4. The van der Waals surface area contributed by atoms with E-state index in [-0.39, 0.29) is 23.5 Å². The summed E-state index contributed by atoms with van der Waals surface area (Å²) in [7, 11) is 0. The van der Waals surface area contributed by atoms with E-state index in [1.54, 1.807) is 6.92 Å². The van der Waals surface area contributed by atoms with Crippen LogP contribution in [0.5, 0.6) is 0 Å². The van der Waals surface area contributed by atoms with Crippen LogP contribution in [0.25, 0.3) is 11.3 Å². The Morgan fingerprint density at radius 3 is 2.15 bits per heavy atom. The predicted molar refractivity (Wildman–Crippen MR) is 106 cm³/mol. The number of aryl methyl sites for hydroxylation is 1. The third kappa shape index (κ3) is 5.01. The Morgan fingerprint density at radius 1 is 0.941 bits per heavy atom. The van der Waals surface area contributed by atoms with Crippen LogP contribution in [0.1, 0.15) is 27.2 Å². The molecule has 0 aliphatic rings. The zero-order valence-electron chi connectivity index (χ0n) is 17.3. The molecular weight excluding hydrogens is 471 g/mol. The number of aromatic nitrogens is 2. The second kappa shape index (κ2) is 9.01. The Balaban J connectivity index is 2.10. The number of carbonyl (C=O) groups excluding carboxylic acids is 1. The monoisotopic (exact) mass is 487 g/mol. The number of hydrogen-bond donors (Lipinski definition) is 2. The first-order valence-corrected chi connectivity index (χ1v) is 9.55. The zero-order chi connectivity index (χ0) is 25.3. The fourth-order valence-electron chi connectivity index (χ4n) is 3.03. The predicted octanol–water partition coefficient (Wildman–Crippen LogP) is 4.83. The molecule has 0 spiro atoms. The largest absolute Gasteiger partial charge is 0.430 e. The van der Waals surface area contributed by atoms with Gasteiger partial charge < -0.3 is 10.4 Å². The second-order valence-electron chi connectivity index (χ2n) is 7.38. The lowest BCUT2D eigenvalue weighted by molar-refractivity contribution is -0.376. The molecule has 0 saturated heterocycles. The van der Waals surface area contributed by atoms with Crippen LogP contribution in [0.4, 0.5) is 30.7 Å². The topological polar surface area (TPSA) is 75.1 Å². The minimum Gasteiger partial charge on any atom is -0.369 e. The Kier molecular flexibility index (Phi) is 6.65. The molecule has 0 fully saturated rings. The normalized spacial score (nSPS) is 12.5. The van der Waals surface area contributed by atoms with Crippen molar-refractivity contribution in [3.8, 4) is 11.3 Å². The highest BCUT2D eigenvalue weighted by molar-refractivity contribution is 5.95. The molecule has 1 aromatic carbocycles. The fourth-order valence-corrected chi connectivity index (χ4v) is 3.03. The quantitative estimate of drug-likeness (QED) is 0.506. The van der Waals surface area contributed by atoms with E-state index in [4.69, 9.17) is 0 Å². The van der Waals surface area contributed by atoms with E-state index in [9.17, 15) is 40.6 Å². The van der Waals surface area contributed by atoms with Gasteiger partial charge in [0.15, 0.2) is 0 Å². The van der Waals surface area contributed by atoms with Crippen LogP contribution in [0.3, 0.4) is 0 Å². The minimum absolute atomic E-state index is 0.0200. The van der Waals surface area contributed by atoms with Crippen LogP contribution in [-0.2, 0) is 12.1 Å². The first-order valence-electron chi connectivity index (χ1n) is 9.55. The maximum Gasteiger partial charge on any atom is 0.430 e. The number of aliphatic hydroxyl groups is 1. The van der Waals surface area contributed by atoms with Crippen LogP contribution in [0.2, 0.25) is 0 Å². The number of hydrogen-bond acceptors (Lipinski definition) is 4. The number of amides is 1. The molecule has 5 nitrogen and oxygen atoms in total. The summed E-state index contributed by atoms with van der Waals surface area (Å²) in [5.74, 6) is -1.69. The summed E-state index contributed by atoms with van der Waals surface area (Å²) in [5, 5.41) is 12.2. The number of nitrogens with one attached hydrogen (secondary N) is 1. The van der Waals surface area contributed by atoms with E-state index in [2.05, 4.69) is 15.3 Å². The molecule has 0 bridgehead atoms. The van der Waals surface area contributed by atoms with E-state index in [1.165, 1.54) is 24.4 Å². The van der Waals surface area contributed by atoms with Crippen molar-refractivity contribution in [3.05, 3.63) is 83.1 Å². The molecule has 0 radical (unpaired) electrons. The van der Waals surface area contributed by atoms with Gasteiger partial charge in [-0.1, -0.05) is 6.07 Å². The van der Waals surface area contributed by atoms with E-state index < -0.39 is 40.8 Å². The standard InChI is InChI=1S/C22H16F7N3O2/c1-12-2-5-18(31-9-12)13-6-14(19(33)32-11-17-4-3-16(23)10-30-17)8-15(7-13)20(34,21(24,25)26)22(27,28)29/h2-10,34H,11H2,1H3,(H,32,33). The summed E-state index contributed by atoms with van der Waals surface area (Å²) in [4.78, 5) is 20.3. The van der Waals surface area contributed by atoms with Crippen LogP contribution >= 0.6 is 0 Å². The smallest absolute Gasteiger partial charge is 0.369 e. The van der Waals surface area contributed by atoms with Crippen molar-refractivity contribution in [1.82, 2.24) is 15.3 Å². The highest BCUT2D eigenvalue weighted by Gasteiger charge is 2.71. The fraction of sp³-hybridized carbons (Fsp3) is 0.227. The van der Waals surface area contributed by atoms with Gasteiger partial charge in [-0.05, 0) is 48.9 Å². The van der Waals surface area contributed by atoms with Gasteiger partial charge >= 0.3 is 12.4 Å². The Hall–Kier alpha value is -3.54. The molecule has 3 aromatic rings. The van der Waals surface area contributed by atoms with Gasteiger partial charge in [0.1, 0.15) is 5.82 Å². The Morgan fingerprint density at radius 2 is 1.62 bits per heavy atom.